The Balaban J connectivity index is 1.36. The van der Waals surface area contributed by atoms with E-state index < -0.39 is 5.97 Å². The molecule has 0 atom stereocenters. The maximum absolute atomic E-state index is 12.2. The Morgan fingerprint density at radius 2 is 1.42 bits per heavy atom. The highest BCUT2D eigenvalue weighted by Gasteiger charge is 2.51. The Bertz CT molecular complexity index is 485. The van der Waals surface area contributed by atoms with E-state index in [9.17, 15) is 14.4 Å². The lowest BCUT2D eigenvalue weighted by Gasteiger charge is -2.56. The number of hydrogen-bond donors (Lipinski definition) is 4. The molecule has 7 heteroatoms. The quantitative estimate of drug-likeness (QED) is 0.560. The molecule has 0 radical (unpaired) electrons. The Kier molecular flexibility index (Phi) is 4.96. The fraction of sp³-hybridized carbons (Fsp3) is 0.824. The van der Waals surface area contributed by atoms with Crippen molar-refractivity contribution in [1.82, 2.24) is 16.0 Å². The molecule has 24 heavy (non-hydrogen) atoms. The number of rotatable bonds is 7. The minimum Gasteiger partial charge on any atom is -0.481 e. The molecule has 0 saturated heterocycles. The van der Waals surface area contributed by atoms with Gasteiger partial charge in [0.2, 0.25) is 5.91 Å². The first-order valence-electron chi connectivity index (χ1n) is 8.99. The fourth-order valence-electron chi connectivity index (χ4n) is 5.24. The normalized spacial score (nSPS) is 33.1. The number of hydrogen-bond acceptors (Lipinski definition) is 3. The van der Waals surface area contributed by atoms with Crippen LogP contribution in [0.2, 0.25) is 0 Å². The van der Waals surface area contributed by atoms with Gasteiger partial charge in [-0.25, -0.2) is 4.79 Å². The van der Waals surface area contributed by atoms with Gasteiger partial charge in [-0.05, 0) is 56.3 Å². The largest absolute Gasteiger partial charge is 0.481 e. The van der Waals surface area contributed by atoms with Crippen LogP contribution in [-0.4, -0.2) is 41.6 Å². The lowest BCUT2D eigenvalue weighted by molar-refractivity contribution is -0.136. The summed E-state index contributed by atoms with van der Waals surface area (Å²) in [5.41, 5.74) is -0.0252. The lowest BCUT2D eigenvalue weighted by Crippen LogP contribution is -2.61. The van der Waals surface area contributed by atoms with Gasteiger partial charge in [0.05, 0.1) is 6.42 Å². The van der Waals surface area contributed by atoms with Gasteiger partial charge in [0.15, 0.2) is 0 Å². The van der Waals surface area contributed by atoms with Crippen LogP contribution in [0, 0.1) is 17.8 Å². The van der Waals surface area contributed by atoms with Crippen molar-refractivity contribution in [2.24, 2.45) is 17.8 Å². The van der Waals surface area contributed by atoms with E-state index in [2.05, 4.69) is 16.0 Å². The summed E-state index contributed by atoms with van der Waals surface area (Å²) in [5.74, 6) is 1.14. The number of carbonyl (C=O) groups is 3. The number of nitrogens with one attached hydrogen (secondary N) is 3. The van der Waals surface area contributed by atoms with Crippen LogP contribution in [0.3, 0.4) is 0 Å². The van der Waals surface area contributed by atoms with Gasteiger partial charge in [0.25, 0.3) is 0 Å². The number of carbonyl (C=O) groups excluding carboxylic acids is 2. The number of amides is 3. The van der Waals surface area contributed by atoms with Crippen molar-refractivity contribution in [2.75, 3.05) is 13.1 Å². The highest BCUT2D eigenvalue weighted by Crippen LogP contribution is 2.55. The molecule has 0 heterocycles. The number of urea groups is 1. The average molecular weight is 337 g/mol. The molecule has 4 N–H and O–H groups in total. The SMILES string of the molecule is O=C(O)CCNC(=O)CCNC(=O)NC12CC3CC(CC(C3)C1)C2. The first-order chi connectivity index (χ1) is 11.4. The van der Waals surface area contributed by atoms with Crippen molar-refractivity contribution >= 4 is 17.9 Å². The molecule has 7 nitrogen and oxygen atoms in total. The van der Waals surface area contributed by atoms with Crippen LogP contribution in [0.4, 0.5) is 4.79 Å². The monoisotopic (exact) mass is 337 g/mol. The van der Waals surface area contributed by atoms with Gasteiger partial charge in [-0.2, -0.15) is 0 Å². The second kappa shape index (κ2) is 6.99. The zero-order valence-electron chi connectivity index (χ0n) is 14.0. The molecular formula is C17H27N3O4. The summed E-state index contributed by atoms with van der Waals surface area (Å²) in [6, 6.07) is -0.185. The van der Waals surface area contributed by atoms with E-state index in [4.69, 9.17) is 5.11 Å². The molecule has 4 aliphatic carbocycles. The van der Waals surface area contributed by atoms with Crippen molar-refractivity contribution in [3.63, 3.8) is 0 Å². The summed E-state index contributed by atoms with van der Waals surface area (Å²) in [5, 5.41) is 17.0. The molecule has 3 amide bonds. The van der Waals surface area contributed by atoms with Crippen LogP contribution in [0.1, 0.15) is 51.4 Å². The van der Waals surface area contributed by atoms with Crippen molar-refractivity contribution < 1.29 is 19.5 Å². The fourth-order valence-corrected chi connectivity index (χ4v) is 5.24. The predicted molar refractivity (Wildman–Crippen MR) is 87.3 cm³/mol. The van der Waals surface area contributed by atoms with Gasteiger partial charge < -0.3 is 21.1 Å². The van der Waals surface area contributed by atoms with E-state index in [1.54, 1.807) is 0 Å². The summed E-state index contributed by atoms with van der Waals surface area (Å²) in [6.07, 6.45) is 7.36. The van der Waals surface area contributed by atoms with E-state index in [-0.39, 0.29) is 43.4 Å². The van der Waals surface area contributed by atoms with E-state index in [0.717, 1.165) is 37.0 Å². The summed E-state index contributed by atoms with van der Waals surface area (Å²) in [6.45, 7) is 0.380. The molecule has 0 aromatic carbocycles. The number of carboxylic acids is 1. The smallest absolute Gasteiger partial charge is 0.315 e. The van der Waals surface area contributed by atoms with Gasteiger partial charge >= 0.3 is 12.0 Å². The minimum atomic E-state index is -0.941. The zero-order valence-corrected chi connectivity index (χ0v) is 14.0. The molecule has 4 rings (SSSR count). The van der Waals surface area contributed by atoms with Crippen LogP contribution in [0.15, 0.2) is 0 Å². The number of carboxylic acid groups (broad SMARTS) is 1. The second-order valence-corrected chi connectivity index (χ2v) is 7.82. The molecule has 0 aromatic rings. The molecular weight excluding hydrogens is 310 g/mol. The highest BCUT2D eigenvalue weighted by atomic mass is 16.4. The van der Waals surface area contributed by atoms with E-state index >= 15 is 0 Å². The van der Waals surface area contributed by atoms with Crippen LogP contribution < -0.4 is 16.0 Å². The maximum atomic E-state index is 12.2. The predicted octanol–water partition coefficient (Wildman–Crippen LogP) is 1.24. The summed E-state index contributed by atoms with van der Waals surface area (Å²) < 4.78 is 0. The Hall–Kier alpha value is -1.79. The standard InChI is InChI=1S/C17H27N3O4/c21-14(18-4-2-15(22)23)1-3-19-16(24)20-17-8-11-5-12(9-17)7-13(6-11)10-17/h11-13H,1-10H2,(H,18,21)(H,22,23)(H2,19,20,24). The first kappa shape index (κ1) is 17.0. The summed E-state index contributed by atoms with van der Waals surface area (Å²) in [4.78, 5) is 34.1. The molecule has 0 aliphatic heterocycles. The zero-order chi connectivity index (χ0) is 17.2. The molecule has 4 aliphatic rings. The van der Waals surface area contributed by atoms with Crippen LogP contribution in [-0.2, 0) is 9.59 Å². The topological polar surface area (TPSA) is 108 Å². The van der Waals surface area contributed by atoms with E-state index in [1.165, 1.54) is 19.3 Å². The molecule has 0 spiro atoms. The maximum Gasteiger partial charge on any atom is 0.315 e. The third-order valence-electron chi connectivity index (χ3n) is 5.72. The van der Waals surface area contributed by atoms with Crippen LogP contribution in [0.5, 0.6) is 0 Å². The van der Waals surface area contributed by atoms with Gasteiger partial charge in [-0.1, -0.05) is 0 Å². The van der Waals surface area contributed by atoms with E-state index in [1.807, 2.05) is 0 Å². The average Bonchev–Trinajstić information content (AvgIpc) is 2.44. The molecule has 0 unspecified atom stereocenters. The van der Waals surface area contributed by atoms with Crippen molar-refractivity contribution in [2.45, 2.75) is 56.9 Å². The Labute approximate surface area is 141 Å². The Morgan fingerprint density at radius 3 is 1.96 bits per heavy atom. The van der Waals surface area contributed by atoms with E-state index in [0.29, 0.717) is 0 Å². The van der Waals surface area contributed by atoms with Gasteiger partial charge in [0, 0.05) is 25.0 Å². The van der Waals surface area contributed by atoms with Crippen LogP contribution >= 0.6 is 0 Å². The van der Waals surface area contributed by atoms with Crippen LogP contribution in [0.25, 0.3) is 0 Å². The van der Waals surface area contributed by atoms with Gasteiger partial charge in [-0.15, -0.1) is 0 Å². The second-order valence-electron chi connectivity index (χ2n) is 7.82. The molecule has 134 valence electrons. The summed E-state index contributed by atoms with van der Waals surface area (Å²) >= 11 is 0. The summed E-state index contributed by atoms with van der Waals surface area (Å²) in [7, 11) is 0. The van der Waals surface area contributed by atoms with Crippen molar-refractivity contribution in [3.05, 3.63) is 0 Å². The Morgan fingerprint density at radius 1 is 0.875 bits per heavy atom. The van der Waals surface area contributed by atoms with Gasteiger partial charge in [0.1, 0.15) is 0 Å². The molecule has 4 fully saturated rings. The molecule has 4 bridgehead atoms. The first-order valence-corrected chi connectivity index (χ1v) is 8.99. The van der Waals surface area contributed by atoms with Crippen molar-refractivity contribution in [1.29, 1.82) is 0 Å². The third-order valence-corrected chi connectivity index (χ3v) is 5.72. The lowest BCUT2D eigenvalue weighted by atomic mass is 9.53. The minimum absolute atomic E-state index is 0.0252. The van der Waals surface area contributed by atoms with Gasteiger partial charge in [-0.3, -0.25) is 9.59 Å². The third kappa shape index (κ3) is 4.19. The van der Waals surface area contributed by atoms with Crippen molar-refractivity contribution in [3.8, 4) is 0 Å². The highest BCUT2D eigenvalue weighted by molar-refractivity contribution is 5.79. The number of aliphatic carboxylic acids is 1. The molecule has 4 saturated carbocycles. The molecule has 0 aromatic heterocycles.